The third-order valence-electron chi connectivity index (χ3n) is 2.97. The van der Waals surface area contributed by atoms with E-state index in [2.05, 4.69) is 12.2 Å². The van der Waals surface area contributed by atoms with Gasteiger partial charge >= 0.3 is 5.97 Å². The van der Waals surface area contributed by atoms with Crippen molar-refractivity contribution < 1.29 is 9.90 Å². The van der Waals surface area contributed by atoms with Crippen LogP contribution in [0, 0.1) is 0 Å². The molecular weight excluding hydrogens is 214 g/mol. The average Bonchev–Trinajstić information content (AvgIpc) is 2.30. The van der Waals surface area contributed by atoms with E-state index in [1.54, 1.807) is 0 Å². The normalized spacial score (nSPS) is 14.2. The van der Waals surface area contributed by atoms with Crippen LogP contribution in [0.2, 0.25) is 0 Å². The van der Waals surface area contributed by atoms with Crippen LogP contribution in [0.1, 0.15) is 38.7 Å². The molecule has 0 aliphatic rings. The maximum Gasteiger partial charge on any atom is 0.305 e. The van der Waals surface area contributed by atoms with Crippen LogP contribution in [-0.2, 0) is 10.3 Å². The van der Waals surface area contributed by atoms with Gasteiger partial charge in [0.1, 0.15) is 0 Å². The monoisotopic (exact) mass is 235 g/mol. The lowest BCUT2D eigenvalue weighted by atomic mass is 9.82. The first-order valence-corrected chi connectivity index (χ1v) is 6.17. The van der Waals surface area contributed by atoms with Crippen molar-refractivity contribution in [3.8, 4) is 0 Å². The number of carboxylic acids is 1. The van der Waals surface area contributed by atoms with Gasteiger partial charge in [0.2, 0.25) is 0 Å². The molecule has 0 aromatic heterocycles. The van der Waals surface area contributed by atoms with Crippen LogP contribution in [0.15, 0.2) is 30.3 Å². The molecule has 2 N–H and O–H groups in total. The second-order valence-corrected chi connectivity index (χ2v) is 4.30. The summed E-state index contributed by atoms with van der Waals surface area (Å²) < 4.78 is 0. The van der Waals surface area contributed by atoms with Crippen LogP contribution < -0.4 is 5.32 Å². The van der Waals surface area contributed by atoms with Gasteiger partial charge in [-0.3, -0.25) is 4.79 Å². The highest BCUT2D eigenvalue weighted by molar-refractivity contribution is 5.69. The molecule has 0 heterocycles. The highest BCUT2D eigenvalue weighted by Gasteiger charge is 2.32. The molecule has 0 aliphatic heterocycles. The van der Waals surface area contributed by atoms with Gasteiger partial charge in [0.25, 0.3) is 0 Å². The van der Waals surface area contributed by atoms with Crippen molar-refractivity contribution in [3.63, 3.8) is 0 Å². The van der Waals surface area contributed by atoms with Gasteiger partial charge in [0.15, 0.2) is 0 Å². The van der Waals surface area contributed by atoms with Crippen molar-refractivity contribution in [1.82, 2.24) is 5.32 Å². The summed E-state index contributed by atoms with van der Waals surface area (Å²) in [6, 6.07) is 9.87. The fraction of sp³-hybridized carbons (Fsp3) is 0.500. The summed E-state index contributed by atoms with van der Waals surface area (Å²) in [7, 11) is 0. The van der Waals surface area contributed by atoms with Crippen LogP contribution in [0.5, 0.6) is 0 Å². The second-order valence-electron chi connectivity index (χ2n) is 4.30. The van der Waals surface area contributed by atoms with Gasteiger partial charge in [0, 0.05) is 0 Å². The zero-order chi connectivity index (χ0) is 12.7. The number of carbonyl (C=O) groups is 1. The molecule has 3 nitrogen and oxygen atoms in total. The number of rotatable bonds is 7. The lowest BCUT2D eigenvalue weighted by molar-refractivity contribution is -0.139. The summed E-state index contributed by atoms with van der Waals surface area (Å²) in [5, 5.41) is 12.5. The summed E-state index contributed by atoms with van der Waals surface area (Å²) in [5.74, 6) is -0.761. The smallest absolute Gasteiger partial charge is 0.305 e. The fourth-order valence-electron chi connectivity index (χ4n) is 2.37. The maximum absolute atomic E-state index is 11.1. The van der Waals surface area contributed by atoms with Gasteiger partial charge < -0.3 is 10.4 Å². The minimum atomic E-state index is -0.761. The number of hydrogen-bond acceptors (Lipinski definition) is 2. The van der Waals surface area contributed by atoms with Crippen LogP contribution in [0.3, 0.4) is 0 Å². The lowest BCUT2D eigenvalue weighted by Crippen LogP contribution is -2.44. The molecule has 1 atom stereocenters. The summed E-state index contributed by atoms with van der Waals surface area (Å²) in [4.78, 5) is 11.1. The highest BCUT2D eigenvalue weighted by Crippen LogP contribution is 2.30. The van der Waals surface area contributed by atoms with Crippen LogP contribution in [-0.4, -0.2) is 17.6 Å². The van der Waals surface area contributed by atoms with Gasteiger partial charge in [-0.1, -0.05) is 50.6 Å². The average molecular weight is 235 g/mol. The molecule has 0 amide bonds. The topological polar surface area (TPSA) is 49.3 Å². The molecule has 0 saturated carbocycles. The largest absolute Gasteiger partial charge is 0.481 e. The SMILES string of the molecule is CCCC(CC(=O)O)(NCC)c1ccccc1. The number of benzene rings is 1. The zero-order valence-electron chi connectivity index (χ0n) is 10.6. The Morgan fingerprint density at radius 2 is 1.94 bits per heavy atom. The maximum atomic E-state index is 11.1. The Hall–Kier alpha value is -1.35. The van der Waals surface area contributed by atoms with Gasteiger partial charge in [-0.25, -0.2) is 0 Å². The molecule has 0 spiro atoms. The van der Waals surface area contributed by atoms with E-state index in [1.807, 2.05) is 37.3 Å². The van der Waals surface area contributed by atoms with Crippen LogP contribution >= 0.6 is 0 Å². The third kappa shape index (κ3) is 3.56. The van der Waals surface area contributed by atoms with Crippen molar-refractivity contribution >= 4 is 5.97 Å². The Balaban J connectivity index is 3.09. The number of carboxylic acid groups (broad SMARTS) is 1. The van der Waals surface area contributed by atoms with Gasteiger partial charge in [-0.2, -0.15) is 0 Å². The van der Waals surface area contributed by atoms with Gasteiger partial charge in [0.05, 0.1) is 12.0 Å². The molecular formula is C14H21NO2. The van der Waals surface area contributed by atoms with Crippen LogP contribution in [0.25, 0.3) is 0 Å². The first-order valence-electron chi connectivity index (χ1n) is 6.17. The molecule has 3 heteroatoms. The molecule has 1 aromatic carbocycles. The zero-order valence-corrected chi connectivity index (χ0v) is 10.6. The standard InChI is InChI=1S/C14H21NO2/c1-3-10-14(15-4-2,11-13(16)17)12-8-6-5-7-9-12/h5-9,15H,3-4,10-11H2,1-2H3,(H,16,17). The summed E-state index contributed by atoms with van der Waals surface area (Å²) in [6.07, 6.45) is 1.91. The molecule has 1 aromatic rings. The predicted molar refractivity (Wildman–Crippen MR) is 69.0 cm³/mol. The Morgan fingerprint density at radius 3 is 2.41 bits per heavy atom. The van der Waals surface area contributed by atoms with E-state index in [9.17, 15) is 4.79 Å². The summed E-state index contributed by atoms with van der Waals surface area (Å²) in [6.45, 7) is 4.86. The number of nitrogens with one attached hydrogen (secondary N) is 1. The van der Waals surface area contributed by atoms with Crippen molar-refractivity contribution in [2.24, 2.45) is 0 Å². The van der Waals surface area contributed by atoms with E-state index in [1.165, 1.54) is 0 Å². The van der Waals surface area contributed by atoms with Crippen molar-refractivity contribution in [1.29, 1.82) is 0 Å². The molecule has 17 heavy (non-hydrogen) atoms. The quantitative estimate of drug-likeness (QED) is 0.764. The fourth-order valence-corrected chi connectivity index (χ4v) is 2.37. The molecule has 1 unspecified atom stereocenters. The predicted octanol–water partition coefficient (Wildman–Crippen LogP) is 2.77. The highest BCUT2D eigenvalue weighted by atomic mass is 16.4. The molecule has 1 rings (SSSR count). The van der Waals surface area contributed by atoms with Crippen molar-refractivity contribution in [2.45, 2.75) is 38.6 Å². The first-order chi connectivity index (χ1) is 8.14. The van der Waals surface area contributed by atoms with E-state index < -0.39 is 11.5 Å². The van der Waals surface area contributed by atoms with E-state index >= 15 is 0 Å². The van der Waals surface area contributed by atoms with Crippen molar-refractivity contribution in [3.05, 3.63) is 35.9 Å². The molecule has 0 radical (unpaired) electrons. The van der Waals surface area contributed by atoms with E-state index in [0.717, 1.165) is 24.9 Å². The lowest BCUT2D eigenvalue weighted by Gasteiger charge is -2.34. The minimum Gasteiger partial charge on any atom is -0.481 e. The van der Waals surface area contributed by atoms with Crippen LogP contribution in [0.4, 0.5) is 0 Å². The Bertz CT molecular complexity index is 342. The Labute approximate surface area is 103 Å². The molecule has 0 saturated heterocycles. The summed E-state index contributed by atoms with van der Waals surface area (Å²) in [5.41, 5.74) is 0.627. The molecule has 94 valence electrons. The minimum absolute atomic E-state index is 0.124. The van der Waals surface area contributed by atoms with E-state index in [4.69, 9.17) is 5.11 Å². The summed E-state index contributed by atoms with van der Waals surface area (Å²) >= 11 is 0. The van der Waals surface area contributed by atoms with Crippen molar-refractivity contribution in [2.75, 3.05) is 6.54 Å². The third-order valence-corrected chi connectivity index (χ3v) is 2.97. The number of hydrogen-bond donors (Lipinski definition) is 2. The molecule has 0 aliphatic carbocycles. The van der Waals surface area contributed by atoms with Gasteiger partial charge in [-0.05, 0) is 18.5 Å². The Kier molecular flexibility index (Phi) is 5.16. The van der Waals surface area contributed by atoms with E-state index in [0.29, 0.717) is 0 Å². The van der Waals surface area contributed by atoms with E-state index in [-0.39, 0.29) is 6.42 Å². The van der Waals surface area contributed by atoms with Gasteiger partial charge in [-0.15, -0.1) is 0 Å². The Morgan fingerprint density at radius 1 is 1.29 bits per heavy atom. The second kappa shape index (κ2) is 6.40. The first kappa shape index (κ1) is 13.7. The molecule has 0 fully saturated rings. The molecule has 0 bridgehead atoms. The number of aliphatic carboxylic acids is 1.